The van der Waals surface area contributed by atoms with Crippen LogP contribution in [0.5, 0.6) is 0 Å². The fourth-order valence-electron chi connectivity index (χ4n) is 1.48. The van der Waals surface area contributed by atoms with Crippen LogP contribution in [-0.4, -0.2) is 17.5 Å². The lowest BCUT2D eigenvalue weighted by Crippen LogP contribution is -2.27. The highest BCUT2D eigenvalue weighted by Crippen LogP contribution is 2.34. The largest absolute Gasteiger partial charge is 0.333 e. The van der Waals surface area contributed by atoms with Gasteiger partial charge in [-0.05, 0) is 33.5 Å². The maximum Gasteiger partial charge on any atom is 0.161 e. The quantitative estimate of drug-likeness (QED) is 0.787. The molecule has 98 valence electrons. The van der Waals surface area contributed by atoms with E-state index in [9.17, 15) is 4.39 Å². The molecule has 1 aromatic carbocycles. The van der Waals surface area contributed by atoms with Crippen LogP contribution in [-0.2, 0) is 0 Å². The first kappa shape index (κ1) is 14.2. The van der Waals surface area contributed by atoms with Crippen molar-refractivity contribution in [3.8, 4) is 0 Å². The Hall–Kier alpha value is -0.260. The van der Waals surface area contributed by atoms with Crippen molar-refractivity contribution in [1.29, 1.82) is 0 Å². The molecule has 0 radical (unpaired) electrons. The summed E-state index contributed by atoms with van der Waals surface area (Å²) in [5, 5.41) is 4.32. The Kier molecular flexibility index (Phi) is 4.24. The van der Waals surface area contributed by atoms with Crippen molar-refractivity contribution in [2.45, 2.75) is 13.8 Å². The van der Waals surface area contributed by atoms with E-state index in [2.05, 4.69) is 40.1 Å². The number of hydrogen-bond acceptors (Lipinski definition) is 3. The summed E-state index contributed by atoms with van der Waals surface area (Å²) in [6, 6.07) is 2.67. The third-order valence-electron chi connectivity index (χ3n) is 2.49. The predicted molar refractivity (Wildman–Crippen MR) is 81.3 cm³/mol. The van der Waals surface area contributed by atoms with Gasteiger partial charge >= 0.3 is 0 Å². The van der Waals surface area contributed by atoms with Gasteiger partial charge in [-0.3, -0.25) is 4.99 Å². The Labute approximate surface area is 124 Å². The highest BCUT2D eigenvalue weighted by Gasteiger charge is 2.24. The molecule has 0 saturated heterocycles. The molecule has 1 heterocycles. The molecule has 18 heavy (non-hydrogen) atoms. The van der Waals surface area contributed by atoms with Crippen LogP contribution in [0.15, 0.2) is 21.6 Å². The number of nitrogens with one attached hydrogen (secondary N) is 1. The zero-order chi connectivity index (χ0) is 13.3. The maximum atomic E-state index is 13.1. The molecule has 0 bridgehead atoms. The molecule has 1 aliphatic heterocycles. The predicted octanol–water partition coefficient (Wildman–Crippen LogP) is 4.78. The summed E-state index contributed by atoms with van der Waals surface area (Å²) in [5.41, 5.74) is 0.878. The van der Waals surface area contributed by atoms with Crippen LogP contribution in [0.25, 0.3) is 0 Å². The number of benzene rings is 1. The van der Waals surface area contributed by atoms with Crippen LogP contribution in [0.3, 0.4) is 0 Å². The summed E-state index contributed by atoms with van der Waals surface area (Å²) in [6.07, 6.45) is 0. The summed E-state index contributed by atoms with van der Waals surface area (Å²) in [6.45, 7) is 5.14. The molecule has 1 aliphatic rings. The number of halogens is 3. The van der Waals surface area contributed by atoms with Crippen molar-refractivity contribution in [3.63, 3.8) is 0 Å². The molecule has 0 unspecified atom stereocenters. The van der Waals surface area contributed by atoms with E-state index in [1.54, 1.807) is 11.8 Å². The van der Waals surface area contributed by atoms with Gasteiger partial charge < -0.3 is 5.32 Å². The minimum absolute atomic E-state index is 0.222. The fraction of sp³-hybridized carbons (Fsp3) is 0.417. The number of aliphatic imine (C=N–C) groups is 1. The highest BCUT2D eigenvalue weighted by molar-refractivity contribution is 9.10. The molecule has 6 heteroatoms. The van der Waals surface area contributed by atoms with Crippen LogP contribution >= 0.6 is 39.3 Å². The molecule has 1 N–H and O–H groups in total. The lowest BCUT2D eigenvalue weighted by Gasteiger charge is -2.27. The maximum absolute atomic E-state index is 13.1. The SMILES string of the molecule is CC1(C)CN=C(Nc2c(Cl)cc(F)cc2Br)SC1. The summed E-state index contributed by atoms with van der Waals surface area (Å²) >= 11 is 11.0. The van der Waals surface area contributed by atoms with Crippen LogP contribution < -0.4 is 5.32 Å². The van der Waals surface area contributed by atoms with Gasteiger partial charge in [-0.15, -0.1) is 0 Å². The van der Waals surface area contributed by atoms with Gasteiger partial charge in [0.25, 0.3) is 0 Å². The van der Waals surface area contributed by atoms with Gasteiger partial charge in [-0.2, -0.15) is 0 Å². The average Bonchev–Trinajstić information content (AvgIpc) is 2.25. The molecule has 0 aliphatic carbocycles. The van der Waals surface area contributed by atoms with E-state index in [-0.39, 0.29) is 11.2 Å². The fourth-order valence-corrected chi connectivity index (χ4v) is 3.33. The van der Waals surface area contributed by atoms with Crippen LogP contribution in [0.4, 0.5) is 10.1 Å². The molecule has 2 nitrogen and oxygen atoms in total. The van der Waals surface area contributed by atoms with Gasteiger partial charge in [0.15, 0.2) is 5.17 Å². The van der Waals surface area contributed by atoms with Gasteiger partial charge in [0, 0.05) is 16.8 Å². The number of thioether (sulfide) groups is 1. The first-order chi connectivity index (χ1) is 8.37. The van der Waals surface area contributed by atoms with Crippen molar-refractivity contribution < 1.29 is 4.39 Å². The lowest BCUT2D eigenvalue weighted by atomic mass is 9.97. The normalized spacial score (nSPS) is 18.4. The Bertz CT molecular complexity index is 482. The third-order valence-corrected chi connectivity index (χ3v) is 4.84. The summed E-state index contributed by atoms with van der Waals surface area (Å²) in [7, 11) is 0. The van der Waals surface area contributed by atoms with Gasteiger partial charge in [-0.1, -0.05) is 37.2 Å². The Morgan fingerprint density at radius 2 is 2.22 bits per heavy atom. The Morgan fingerprint density at radius 3 is 2.78 bits per heavy atom. The van der Waals surface area contributed by atoms with E-state index >= 15 is 0 Å². The number of hydrogen-bond donors (Lipinski definition) is 1. The van der Waals surface area contributed by atoms with Crippen LogP contribution in [0.2, 0.25) is 5.02 Å². The van der Waals surface area contributed by atoms with Crippen LogP contribution in [0.1, 0.15) is 13.8 Å². The molecule has 2 rings (SSSR count). The van der Waals surface area contributed by atoms with Crippen molar-refractivity contribution >= 4 is 50.1 Å². The van der Waals surface area contributed by atoms with Gasteiger partial charge in [0.05, 0.1) is 10.7 Å². The molecular weight excluding hydrogens is 339 g/mol. The molecule has 0 saturated carbocycles. The number of amidine groups is 1. The zero-order valence-corrected chi connectivity index (χ0v) is 13.2. The monoisotopic (exact) mass is 350 g/mol. The first-order valence-electron chi connectivity index (χ1n) is 5.46. The molecular formula is C12H13BrClFN2S. The Balaban J connectivity index is 2.18. The van der Waals surface area contributed by atoms with Gasteiger partial charge in [0.1, 0.15) is 5.82 Å². The second-order valence-corrected chi connectivity index (χ2v) is 7.17. The number of nitrogens with zero attached hydrogens (tertiary/aromatic N) is 1. The second-order valence-electron chi connectivity index (χ2n) is 4.94. The smallest absolute Gasteiger partial charge is 0.161 e. The van der Waals surface area contributed by atoms with E-state index in [0.717, 1.165) is 17.5 Å². The minimum Gasteiger partial charge on any atom is -0.333 e. The third kappa shape index (κ3) is 3.39. The van der Waals surface area contributed by atoms with E-state index in [1.807, 2.05) is 0 Å². The summed E-state index contributed by atoms with van der Waals surface area (Å²) in [5.74, 6) is 0.631. The van der Waals surface area contributed by atoms with Gasteiger partial charge in [-0.25, -0.2) is 4.39 Å². The van der Waals surface area contributed by atoms with E-state index in [1.165, 1.54) is 12.1 Å². The number of rotatable bonds is 1. The van der Waals surface area contributed by atoms with Crippen molar-refractivity contribution in [1.82, 2.24) is 0 Å². The molecule has 1 aromatic rings. The average molecular weight is 352 g/mol. The standard InChI is InChI=1S/C12H13BrClFN2S/c1-12(2)5-16-11(18-6-12)17-10-8(13)3-7(15)4-9(10)14/h3-4H,5-6H2,1-2H3,(H,16,17). The molecule has 0 fully saturated rings. The molecule has 0 spiro atoms. The van der Waals surface area contributed by atoms with Gasteiger partial charge in [0.2, 0.25) is 0 Å². The molecule has 0 amide bonds. The lowest BCUT2D eigenvalue weighted by molar-refractivity contribution is 0.438. The van der Waals surface area contributed by atoms with Crippen molar-refractivity contribution in [3.05, 3.63) is 27.4 Å². The van der Waals surface area contributed by atoms with Crippen LogP contribution in [0, 0.1) is 11.2 Å². The first-order valence-corrected chi connectivity index (χ1v) is 7.62. The Morgan fingerprint density at radius 1 is 1.50 bits per heavy atom. The van der Waals surface area contributed by atoms with Crippen molar-refractivity contribution in [2.75, 3.05) is 17.6 Å². The second kappa shape index (κ2) is 5.39. The number of anilines is 1. The minimum atomic E-state index is -0.364. The van der Waals surface area contributed by atoms with Crippen molar-refractivity contribution in [2.24, 2.45) is 10.4 Å². The summed E-state index contributed by atoms with van der Waals surface area (Å²) < 4.78 is 13.7. The van der Waals surface area contributed by atoms with E-state index in [0.29, 0.717) is 15.2 Å². The molecule has 0 atom stereocenters. The topological polar surface area (TPSA) is 24.4 Å². The van der Waals surface area contributed by atoms with E-state index < -0.39 is 0 Å². The summed E-state index contributed by atoms with van der Waals surface area (Å²) in [4.78, 5) is 4.48. The highest BCUT2D eigenvalue weighted by atomic mass is 79.9. The molecule has 0 aromatic heterocycles. The van der Waals surface area contributed by atoms with E-state index in [4.69, 9.17) is 11.6 Å². The zero-order valence-electron chi connectivity index (χ0n) is 10.1.